The maximum absolute atomic E-state index is 13.4. The van der Waals surface area contributed by atoms with Crippen molar-refractivity contribution in [1.82, 2.24) is 14.9 Å². The molecule has 1 aromatic rings. The third-order valence-electron chi connectivity index (χ3n) is 3.39. The van der Waals surface area contributed by atoms with Crippen LogP contribution in [0.25, 0.3) is 0 Å². The number of nitrogens with one attached hydrogen (secondary N) is 1. The molecule has 1 aromatic heterocycles. The maximum atomic E-state index is 13.4. The highest BCUT2D eigenvalue weighted by Crippen LogP contribution is 2.30. The number of hydrogen-bond acceptors (Lipinski definition) is 5. The van der Waals surface area contributed by atoms with Gasteiger partial charge in [0.15, 0.2) is 11.6 Å². The van der Waals surface area contributed by atoms with Gasteiger partial charge >= 0.3 is 0 Å². The minimum atomic E-state index is -0.441. The predicted octanol–water partition coefficient (Wildman–Crippen LogP) is 0.846. The van der Waals surface area contributed by atoms with E-state index < -0.39 is 5.82 Å². The number of nitrogens with zero attached hydrogens (tertiary/aromatic N) is 3. The SMILES string of the molecule is Nc1ncc(F)c(NC2CCN(C3CC3)C2)n1. The maximum Gasteiger partial charge on any atom is 0.222 e. The Morgan fingerprint density at radius 1 is 1.41 bits per heavy atom. The third-order valence-corrected chi connectivity index (χ3v) is 3.39. The molecule has 2 fully saturated rings. The first-order valence-electron chi connectivity index (χ1n) is 6.01. The Kier molecular flexibility index (Phi) is 2.58. The lowest BCUT2D eigenvalue weighted by Gasteiger charge is -2.16. The molecule has 6 heteroatoms. The number of nitrogens with two attached hydrogens (primary N) is 1. The largest absolute Gasteiger partial charge is 0.368 e. The van der Waals surface area contributed by atoms with Crippen LogP contribution in [0.15, 0.2) is 6.20 Å². The quantitative estimate of drug-likeness (QED) is 0.815. The highest BCUT2D eigenvalue weighted by molar-refractivity contribution is 5.40. The Hall–Kier alpha value is -1.43. The van der Waals surface area contributed by atoms with Crippen LogP contribution in [0.1, 0.15) is 19.3 Å². The molecule has 3 rings (SSSR count). The molecule has 92 valence electrons. The predicted molar refractivity (Wildman–Crippen MR) is 63.0 cm³/mol. The van der Waals surface area contributed by atoms with Gasteiger partial charge in [-0.1, -0.05) is 0 Å². The average molecular weight is 237 g/mol. The molecule has 1 atom stereocenters. The van der Waals surface area contributed by atoms with Crippen molar-refractivity contribution >= 4 is 11.8 Å². The van der Waals surface area contributed by atoms with E-state index in [-0.39, 0.29) is 17.8 Å². The fraction of sp³-hybridized carbons (Fsp3) is 0.636. The fourth-order valence-electron chi connectivity index (χ4n) is 2.35. The minimum absolute atomic E-state index is 0.103. The summed E-state index contributed by atoms with van der Waals surface area (Å²) >= 11 is 0. The molecule has 0 aromatic carbocycles. The van der Waals surface area contributed by atoms with Crippen molar-refractivity contribution in [3.8, 4) is 0 Å². The first-order valence-corrected chi connectivity index (χ1v) is 6.01. The first kappa shape index (κ1) is 10.7. The van der Waals surface area contributed by atoms with E-state index >= 15 is 0 Å². The molecule has 3 N–H and O–H groups in total. The molecule has 2 heterocycles. The van der Waals surface area contributed by atoms with E-state index in [4.69, 9.17) is 5.73 Å². The molecule has 1 aliphatic carbocycles. The Morgan fingerprint density at radius 3 is 3.00 bits per heavy atom. The topological polar surface area (TPSA) is 67.1 Å². The molecule has 2 aliphatic rings. The van der Waals surface area contributed by atoms with E-state index in [1.54, 1.807) is 0 Å². The van der Waals surface area contributed by atoms with E-state index in [9.17, 15) is 4.39 Å². The summed E-state index contributed by atoms with van der Waals surface area (Å²) in [5, 5.41) is 3.11. The zero-order chi connectivity index (χ0) is 11.8. The molecule has 1 saturated heterocycles. The molecule has 5 nitrogen and oxygen atoms in total. The molecule has 17 heavy (non-hydrogen) atoms. The van der Waals surface area contributed by atoms with Gasteiger partial charge in [0.05, 0.1) is 6.20 Å². The number of rotatable bonds is 3. The van der Waals surface area contributed by atoms with Crippen LogP contribution < -0.4 is 11.1 Å². The molecule has 0 spiro atoms. The van der Waals surface area contributed by atoms with E-state index in [1.807, 2.05) is 0 Å². The van der Waals surface area contributed by atoms with Gasteiger partial charge in [-0.3, -0.25) is 4.90 Å². The monoisotopic (exact) mass is 237 g/mol. The van der Waals surface area contributed by atoms with Crippen molar-refractivity contribution in [2.75, 3.05) is 24.1 Å². The molecule has 0 bridgehead atoms. The summed E-state index contributed by atoms with van der Waals surface area (Å²) in [4.78, 5) is 9.95. The summed E-state index contributed by atoms with van der Waals surface area (Å²) < 4.78 is 13.4. The second-order valence-electron chi connectivity index (χ2n) is 4.78. The van der Waals surface area contributed by atoms with Gasteiger partial charge in [-0.05, 0) is 19.3 Å². The van der Waals surface area contributed by atoms with Gasteiger partial charge in [-0.25, -0.2) is 9.37 Å². The molecule has 1 saturated carbocycles. The number of halogens is 1. The van der Waals surface area contributed by atoms with Crippen LogP contribution in [0.3, 0.4) is 0 Å². The summed E-state index contributed by atoms with van der Waals surface area (Å²) in [5.74, 6) is -0.116. The highest BCUT2D eigenvalue weighted by Gasteiger charge is 2.34. The standard InChI is InChI=1S/C11H16FN5/c12-9-5-14-11(13)16-10(9)15-7-3-4-17(6-7)8-1-2-8/h5,7-8H,1-4,6H2,(H3,13,14,15,16). The van der Waals surface area contributed by atoms with Gasteiger partial charge in [0.25, 0.3) is 0 Å². The van der Waals surface area contributed by atoms with Crippen molar-refractivity contribution in [2.45, 2.75) is 31.3 Å². The summed E-state index contributed by atoms with van der Waals surface area (Å²) in [6.45, 7) is 2.05. The molecular formula is C11H16FN5. The van der Waals surface area contributed by atoms with Crippen LogP contribution in [0, 0.1) is 5.82 Å². The number of anilines is 2. The van der Waals surface area contributed by atoms with Crippen LogP contribution in [0.2, 0.25) is 0 Å². The Labute approximate surface area is 99.2 Å². The number of likely N-dealkylation sites (tertiary alicyclic amines) is 1. The lowest BCUT2D eigenvalue weighted by atomic mass is 10.2. The van der Waals surface area contributed by atoms with Crippen LogP contribution >= 0.6 is 0 Å². The summed E-state index contributed by atoms with van der Waals surface area (Å²) in [7, 11) is 0. The van der Waals surface area contributed by atoms with Crippen LogP contribution in [0.5, 0.6) is 0 Å². The molecule has 0 radical (unpaired) electrons. The van der Waals surface area contributed by atoms with Crippen molar-refractivity contribution in [3.05, 3.63) is 12.0 Å². The van der Waals surface area contributed by atoms with Gasteiger partial charge in [0.2, 0.25) is 5.95 Å². The Morgan fingerprint density at radius 2 is 2.24 bits per heavy atom. The van der Waals surface area contributed by atoms with E-state index in [0.717, 1.165) is 31.7 Å². The van der Waals surface area contributed by atoms with Crippen molar-refractivity contribution in [2.24, 2.45) is 0 Å². The molecule has 1 unspecified atom stereocenters. The fourth-order valence-corrected chi connectivity index (χ4v) is 2.35. The van der Waals surface area contributed by atoms with Gasteiger partial charge in [-0.2, -0.15) is 4.98 Å². The summed E-state index contributed by atoms with van der Waals surface area (Å²) in [5.41, 5.74) is 5.45. The zero-order valence-electron chi connectivity index (χ0n) is 9.56. The van der Waals surface area contributed by atoms with Crippen molar-refractivity contribution in [3.63, 3.8) is 0 Å². The number of hydrogen-bond donors (Lipinski definition) is 2. The smallest absolute Gasteiger partial charge is 0.222 e. The lowest BCUT2D eigenvalue weighted by molar-refractivity contribution is 0.326. The Bertz CT molecular complexity index is 420. The zero-order valence-corrected chi connectivity index (χ0v) is 9.56. The summed E-state index contributed by atoms with van der Waals surface area (Å²) in [6.07, 6.45) is 4.75. The van der Waals surface area contributed by atoms with Crippen LogP contribution in [-0.2, 0) is 0 Å². The van der Waals surface area contributed by atoms with Gasteiger partial charge in [0.1, 0.15) is 0 Å². The third kappa shape index (κ3) is 2.31. The second kappa shape index (κ2) is 4.10. The molecule has 1 aliphatic heterocycles. The second-order valence-corrected chi connectivity index (χ2v) is 4.78. The number of aromatic nitrogens is 2. The van der Waals surface area contributed by atoms with E-state index in [1.165, 1.54) is 12.8 Å². The highest BCUT2D eigenvalue weighted by atomic mass is 19.1. The number of nitrogen functional groups attached to an aromatic ring is 1. The van der Waals surface area contributed by atoms with Gasteiger partial charge < -0.3 is 11.1 Å². The Balaban J connectivity index is 1.64. The van der Waals surface area contributed by atoms with E-state index in [2.05, 4.69) is 20.2 Å². The first-order chi connectivity index (χ1) is 8.22. The minimum Gasteiger partial charge on any atom is -0.368 e. The molecule has 0 amide bonds. The van der Waals surface area contributed by atoms with Crippen LogP contribution in [0.4, 0.5) is 16.2 Å². The van der Waals surface area contributed by atoms with Gasteiger partial charge in [0, 0.05) is 25.2 Å². The summed E-state index contributed by atoms with van der Waals surface area (Å²) in [6, 6.07) is 1.03. The van der Waals surface area contributed by atoms with Crippen LogP contribution in [-0.4, -0.2) is 40.0 Å². The molecular weight excluding hydrogens is 221 g/mol. The lowest BCUT2D eigenvalue weighted by Crippen LogP contribution is -2.28. The average Bonchev–Trinajstić information content (AvgIpc) is 3.05. The normalized spacial score (nSPS) is 25.1. The van der Waals surface area contributed by atoms with Crippen molar-refractivity contribution in [1.29, 1.82) is 0 Å². The van der Waals surface area contributed by atoms with E-state index in [0.29, 0.717) is 0 Å². The van der Waals surface area contributed by atoms with Gasteiger partial charge in [-0.15, -0.1) is 0 Å². The van der Waals surface area contributed by atoms with Crippen molar-refractivity contribution < 1.29 is 4.39 Å².